The predicted octanol–water partition coefficient (Wildman–Crippen LogP) is 1.49. The Morgan fingerprint density at radius 3 is 2.76 bits per heavy atom. The average Bonchev–Trinajstić information content (AvgIpc) is 2.90. The number of aliphatic hydroxyl groups is 1. The Balaban J connectivity index is 2.24. The van der Waals surface area contributed by atoms with Crippen molar-refractivity contribution in [1.82, 2.24) is 9.80 Å². The molecule has 0 saturated carbocycles. The van der Waals surface area contributed by atoms with E-state index in [1.807, 2.05) is 14.1 Å². The standard InChI is InChI=1S/C15H21ClN2O3/c1-17(2)12-7-13(9-19)18(8-12)15(20)10-4-11(16)6-14(5-10)21-3/h4-6,12-13,19H,7-9H2,1-3H3/t12-,13+/m1/s1. The summed E-state index contributed by atoms with van der Waals surface area (Å²) in [6, 6.07) is 5.06. The molecule has 0 aromatic heterocycles. The summed E-state index contributed by atoms with van der Waals surface area (Å²) < 4.78 is 5.15. The van der Waals surface area contributed by atoms with Gasteiger partial charge in [-0.2, -0.15) is 0 Å². The van der Waals surface area contributed by atoms with E-state index in [1.165, 1.54) is 7.11 Å². The van der Waals surface area contributed by atoms with Gasteiger partial charge in [0.1, 0.15) is 5.75 Å². The van der Waals surface area contributed by atoms with Crippen molar-refractivity contribution >= 4 is 17.5 Å². The second kappa shape index (κ2) is 6.64. The van der Waals surface area contributed by atoms with Crippen LogP contribution in [0.1, 0.15) is 16.8 Å². The number of halogens is 1. The second-order valence-electron chi connectivity index (χ2n) is 5.53. The number of rotatable bonds is 4. The quantitative estimate of drug-likeness (QED) is 0.915. The Labute approximate surface area is 130 Å². The molecule has 0 aliphatic carbocycles. The van der Waals surface area contributed by atoms with Crippen molar-refractivity contribution in [2.24, 2.45) is 0 Å². The van der Waals surface area contributed by atoms with Crippen molar-refractivity contribution in [1.29, 1.82) is 0 Å². The Morgan fingerprint density at radius 1 is 1.48 bits per heavy atom. The molecule has 0 unspecified atom stereocenters. The lowest BCUT2D eigenvalue weighted by molar-refractivity contribution is 0.0673. The second-order valence-corrected chi connectivity index (χ2v) is 5.96. The highest BCUT2D eigenvalue weighted by molar-refractivity contribution is 6.31. The summed E-state index contributed by atoms with van der Waals surface area (Å²) in [5.41, 5.74) is 0.484. The third-order valence-electron chi connectivity index (χ3n) is 3.95. The number of carbonyl (C=O) groups excluding carboxylic acids is 1. The number of carbonyl (C=O) groups is 1. The van der Waals surface area contributed by atoms with Crippen LogP contribution in [0.15, 0.2) is 18.2 Å². The molecular weight excluding hydrogens is 292 g/mol. The maximum atomic E-state index is 12.7. The lowest BCUT2D eigenvalue weighted by atomic mass is 10.1. The fourth-order valence-electron chi connectivity index (χ4n) is 2.66. The summed E-state index contributed by atoms with van der Waals surface area (Å²) in [6.45, 7) is 0.569. The van der Waals surface area contributed by atoms with Crippen molar-refractivity contribution in [2.75, 3.05) is 34.4 Å². The van der Waals surface area contributed by atoms with Crippen LogP contribution in [0.3, 0.4) is 0 Å². The molecule has 6 heteroatoms. The highest BCUT2D eigenvalue weighted by atomic mass is 35.5. The largest absolute Gasteiger partial charge is 0.497 e. The van der Waals surface area contributed by atoms with Gasteiger partial charge in [-0.25, -0.2) is 0 Å². The zero-order valence-corrected chi connectivity index (χ0v) is 13.3. The van der Waals surface area contributed by atoms with E-state index in [1.54, 1.807) is 23.1 Å². The summed E-state index contributed by atoms with van der Waals surface area (Å²) in [5.74, 6) is 0.425. The third-order valence-corrected chi connectivity index (χ3v) is 4.17. The minimum Gasteiger partial charge on any atom is -0.497 e. The number of likely N-dealkylation sites (tertiary alicyclic amines) is 1. The summed E-state index contributed by atoms with van der Waals surface area (Å²) in [7, 11) is 5.50. The van der Waals surface area contributed by atoms with Crippen LogP contribution >= 0.6 is 11.6 Å². The number of benzene rings is 1. The SMILES string of the molecule is COc1cc(Cl)cc(C(=O)N2C[C@H](N(C)C)C[C@H]2CO)c1. The van der Waals surface area contributed by atoms with Gasteiger partial charge in [0.05, 0.1) is 19.8 Å². The van der Waals surface area contributed by atoms with Gasteiger partial charge < -0.3 is 19.6 Å². The molecule has 1 heterocycles. The van der Waals surface area contributed by atoms with E-state index in [0.717, 1.165) is 6.42 Å². The monoisotopic (exact) mass is 312 g/mol. The number of likely N-dealkylation sites (N-methyl/N-ethyl adjacent to an activating group) is 1. The zero-order valence-electron chi connectivity index (χ0n) is 12.5. The molecule has 1 amide bonds. The van der Waals surface area contributed by atoms with E-state index in [9.17, 15) is 9.90 Å². The van der Waals surface area contributed by atoms with Crippen LogP contribution in [0.5, 0.6) is 5.75 Å². The number of hydrogen-bond acceptors (Lipinski definition) is 4. The summed E-state index contributed by atoms with van der Waals surface area (Å²) in [6.07, 6.45) is 0.771. The summed E-state index contributed by atoms with van der Waals surface area (Å²) in [5, 5.41) is 9.98. The molecule has 1 aliphatic rings. The molecule has 5 nitrogen and oxygen atoms in total. The number of aliphatic hydroxyl groups excluding tert-OH is 1. The van der Waals surface area contributed by atoms with E-state index in [0.29, 0.717) is 22.9 Å². The van der Waals surface area contributed by atoms with Gasteiger partial charge in [0.2, 0.25) is 0 Å². The number of ether oxygens (including phenoxy) is 1. The highest BCUT2D eigenvalue weighted by Gasteiger charge is 2.36. The van der Waals surface area contributed by atoms with E-state index < -0.39 is 0 Å². The Kier molecular flexibility index (Phi) is 5.08. The van der Waals surface area contributed by atoms with Crippen LogP contribution in [0.4, 0.5) is 0 Å². The summed E-state index contributed by atoms with van der Waals surface area (Å²) in [4.78, 5) is 16.5. The highest BCUT2D eigenvalue weighted by Crippen LogP contribution is 2.26. The van der Waals surface area contributed by atoms with Crippen molar-refractivity contribution in [3.05, 3.63) is 28.8 Å². The van der Waals surface area contributed by atoms with Gasteiger partial charge in [0, 0.05) is 23.2 Å². The van der Waals surface area contributed by atoms with Crippen molar-refractivity contribution < 1.29 is 14.6 Å². The zero-order chi connectivity index (χ0) is 15.6. The third kappa shape index (κ3) is 3.48. The smallest absolute Gasteiger partial charge is 0.254 e. The number of nitrogens with zero attached hydrogens (tertiary/aromatic N) is 2. The van der Waals surface area contributed by atoms with Crippen LogP contribution in [-0.4, -0.2) is 67.3 Å². The number of methoxy groups -OCH3 is 1. The minimum atomic E-state index is -0.158. The minimum absolute atomic E-state index is 0.0339. The molecule has 2 rings (SSSR count). The first kappa shape index (κ1) is 16.1. The van der Waals surface area contributed by atoms with Crippen LogP contribution in [0, 0.1) is 0 Å². The first-order valence-electron chi connectivity index (χ1n) is 6.89. The average molecular weight is 313 g/mol. The maximum absolute atomic E-state index is 12.7. The Bertz CT molecular complexity index is 522. The topological polar surface area (TPSA) is 53.0 Å². The van der Waals surface area contributed by atoms with Crippen molar-refractivity contribution in [3.63, 3.8) is 0 Å². The van der Waals surface area contributed by atoms with Crippen LogP contribution in [0.25, 0.3) is 0 Å². The Hall–Kier alpha value is -1.30. The van der Waals surface area contributed by atoms with Gasteiger partial charge in [-0.3, -0.25) is 4.79 Å². The molecule has 1 aliphatic heterocycles. The first-order valence-corrected chi connectivity index (χ1v) is 7.27. The molecule has 1 aromatic carbocycles. The van der Waals surface area contributed by atoms with Gasteiger partial charge >= 0.3 is 0 Å². The van der Waals surface area contributed by atoms with Gasteiger partial charge in [0.25, 0.3) is 5.91 Å². The molecule has 1 fully saturated rings. The fourth-order valence-corrected chi connectivity index (χ4v) is 2.88. The molecule has 0 bridgehead atoms. The lowest BCUT2D eigenvalue weighted by Crippen LogP contribution is -2.38. The number of amides is 1. The van der Waals surface area contributed by atoms with Crippen LogP contribution < -0.4 is 4.74 Å². The molecule has 21 heavy (non-hydrogen) atoms. The molecule has 116 valence electrons. The molecule has 2 atom stereocenters. The molecule has 0 spiro atoms. The normalized spacial score (nSPS) is 21.9. The van der Waals surface area contributed by atoms with E-state index in [-0.39, 0.29) is 24.6 Å². The maximum Gasteiger partial charge on any atom is 0.254 e. The van der Waals surface area contributed by atoms with Gasteiger partial charge in [-0.1, -0.05) is 11.6 Å². The van der Waals surface area contributed by atoms with Crippen molar-refractivity contribution in [2.45, 2.75) is 18.5 Å². The first-order chi connectivity index (χ1) is 9.96. The van der Waals surface area contributed by atoms with Gasteiger partial charge in [-0.05, 0) is 38.7 Å². The molecule has 1 N–H and O–H groups in total. The van der Waals surface area contributed by atoms with E-state index >= 15 is 0 Å². The van der Waals surface area contributed by atoms with Crippen molar-refractivity contribution in [3.8, 4) is 5.75 Å². The molecule has 1 saturated heterocycles. The van der Waals surface area contributed by atoms with E-state index in [4.69, 9.17) is 16.3 Å². The van der Waals surface area contributed by atoms with Crippen LogP contribution in [-0.2, 0) is 0 Å². The Morgan fingerprint density at radius 2 is 2.19 bits per heavy atom. The lowest BCUT2D eigenvalue weighted by Gasteiger charge is -2.23. The van der Waals surface area contributed by atoms with Gasteiger partial charge in [0.15, 0.2) is 0 Å². The van der Waals surface area contributed by atoms with Crippen LogP contribution in [0.2, 0.25) is 5.02 Å². The summed E-state index contributed by atoms with van der Waals surface area (Å²) >= 11 is 6.02. The predicted molar refractivity (Wildman–Crippen MR) is 82.0 cm³/mol. The molecule has 0 radical (unpaired) electrons. The molecular formula is C15H21ClN2O3. The van der Waals surface area contributed by atoms with E-state index in [2.05, 4.69) is 4.90 Å². The fraction of sp³-hybridized carbons (Fsp3) is 0.533. The number of hydrogen-bond donors (Lipinski definition) is 1. The van der Waals surface area contributed by atoms with Gasteiger partial charge in [-0.15, -0.1) is 0 Å². The molecule has 1 aromatic rings.